The molecule has 0 unspecified atom stereocenters. The zero-order chi connectivity index (χ0) is 20.8. The third-order valence-corrected chi connectivity index (χ3v) is 5.45. The zero-order valence-corrected chi connectivity index (χ0v) is 17.0. The fourth-order valence-electron chi connectivity index (χ4n) is 3.49. The van der Waals surface area contributed by atoms with Crippen molar-refractivity contribution >= 4 is 11.8 Å². The molecule has 0 radical (unpaired) electrons. The van der Waals surface area contributed by atoms with Crippen molar-refractivity contribution < 1.29 is 19.4 Å². The molecule has 1 fully saturated rings. The molecule has 2 aromatic carbocycles. The lowest BCUT2D eigenvalue weighted by molar-refractivity contribution is -0.126. The summed E-state index contributed by atoms with van der Waals surface area (Å²) in [6.45, 7) is 1.51. The van der Waals surface area contributed by atoms with Crippen LogP contribution >= 0.6 is 0 Å². The van der Waals surface area contributed by atoms with Gasteiger partial charge in [0.2, 0.25) is 5.90 Å². The first-order valence-corrected chi connectivity index (χ1v) is 10.6. The summed E-state index contributed by atoms with van der Waals surface area (Å²) in [5, 5.41) is 11.9. The first-order chi connectivity index (χ1) is 14.7. The number of nitrogens with one attached hydrogen (secondary N) is 1. The van der Waals surface area contributed by atoms with Gasteiger partial charge in [-0.25, -0.2) is 4.99 Å². The highest BCUT2D eigenvalue weighted by atomic mass is 16.5. The molecule has 6 heteroatoms. The Labute approximate surface area is 176 Å². The van der Waals surface area contributed by atoms with E-state index in [-0.39, 0.29) is 19.1 Å². The molecule has 0 saturated heterocycles. The number of rotatable bonds is 10. The first kappa shape index (κ1) is 20.4. The largest absolute Gasteiger partial charge is 0.494 e. The summed E-state index contributed by atoms with van der Waals surface area (Å²) in [6, 6.07) is 17.4. The number of ether oxygens (including phenoxy) is 2. The standard InChI is InChI=1S/C24H28N2O4/c27-13-4-14-29-21-11-9-20(10-12-21)22-26-24(17-30-22,15-18-5-2-1-3-6-18)23(28)25-16-19-7-8-19/h1-3,5-6,9-12,19,27H,4,7-8,13-17H2,(H,25,28)/t24-/m1/s1. The topological polar surface area (TPSA) is 80.2 Å². The summed E-state index contributed by atoms with van der Waals surface area (Å²) >= 11 is 0. The Morgan fingerprint density at radius 2 is 1.93 bits per heavy atom. The second-order valence-electron chi connectivity index (χ2n) is 8.00. The number of aliphatic imine (C=N–C) groups is 1. The van der Waals surface area contributed by atoms with E-state index >= 15 is 0 Å². The van der Waals surface area contributed by atoms with E-state index in [1.54, 1.807) is 0 Å². The van der Waals surface area contributed by atoms with E-state index in [0.29, 0.717) is 37.8 Å². The molecular formula is C24H28N2O4. The maximum absolute atomic E-state index is 13.1. The van der Waals surface area contributed by atoms with Gasteiger partial charge < -0.3 is 19.9 Å². The number of aliphatic hydroxyl groups excluding tert-OH is 1. The highest BCUT2D eigenvalue weighted by Gasteiger charge is 2.44. The van der Waals surface area contributed by atoms with Crippen LogP contribution in [0.25, 0.3) is 0 Å². The fourth-order valence-corrected chi connectivity index (χ4v) is 3.49. The number of aliphatic hydroxyl groups is 1. The van der Waals surface area contributed by atoms with Gasteiger partial charge in [-0.1, -0.05) is 30.3 Å². The van der Waals surface area contributed by atoms with Crippen molar-refractivity contribution in [1.29, 1.82) is 0 Å². The summed E-state index contributed by atoms with van der Waals surface area (Å²) in [5.74, 6) is 1.74. The van der Waals surface area contributed by atoms with Crippen molar-refractivity contribution in [1.82, 2.24) is 5.32 Å². The molecule has 1 atom stereocenters. The van der Waals surface area contributed by atoms with Crippen molar-refractivity contribution in [3.63, 3.8) is 0 Å². The number of amides is 1. The van der Waals surface area contributed by atoms with Gasteiger partial charge in [-0.3, -0.25) is 4.79 Å². The molecule has 2 N–H and O–H groups in total. The van der Waals surface area contributed by atoms with Crippen LogP contribution in [0.4, 0.5) is 0 Å². The van der Waals surface area contributed by atoms with Crippen LogP contribution in [0.2, 0.25) is 0 Å². The molecule has 2 aromatic rings. The highest BCUT2D eigenvalue weighted by Crippen LogP contribution is 2.30. The van der Waals surface area contributed by atoms with E-state index in [4.69, 9.17) is 19.6 Å². The molecule has 1 heterocycles. The lowest BCUT2D eigenvalue weighted by Crippen LogP contribution is -2.49. The molecule has 6 nitrogen and oxygen atoms in total. The molecule has 1 amide bonds. The van der Waals surface area contributed by atoms with E-state index in [0.717, 1.165) is 16.9 Å². The lowest BCUT2D eigenvalue weighted by atomic mass is 9.91. The highest BCUT2D eigenvalue weighted by molar-refractivity contribution is 6.00. The van der Waals surface area contributed by atoms with Gasteiger partial charge in [0.15, 0.2) is 5.54 Å². The summed E-state index contributed by atoms with van der Waals surface area (Å²) in [7, 11) is 0. The Balaban J connectivity index is 1.52. The van der Waals surface area contributed by atoms with Crippen molar-refractivity contribution in [3.05, 3.63) is 65.7 Å². The number of hydrogen-bond acceptors (Lipinski definition) is 5. The third-order valence-electron chi connectivity index (χ3n) is 5.45. The van der Waals surface area contributed by atoms with E-state index < -0.39 is 5.54 Å². The van der Waals surface area contributed by atoms with E-state index in [1.807, 2.05) is 54.6 Å². The smallest absolute Gasteiger partial charge is 0.251 e. The van der Waals surface area contributed by atoms with E-state index in [2.05, 4.69) is 5.32 Å². The monoisotopic (exact) mass is 408 g/mol. The quantitative estimate of drug-likeness (QED) is 0.593. The van der Waals surface area contributed by atoms with Crippen LogP contribution in [0.5, 0.6) is 5.75 Å². The van der Waals surface area contributed by atoms with Gasteiger partial charge in [-0.05, 0) is 48.6 Å². The van der Waals surface area contributed by atoms with Crippen LogP contribution < -0.4 is 10.1 Å². The minimum absolute atomic E-state index is 0.0720. The molecule has 30 heavy (non-hydrogen) atoms. The van der Waals surface area contributed by atoms with Gasteiger partial charge >= 0.3 is 0 Å². The minimum atomic E-state index is -0.956. The molecule has 1 aliphatic carbocycles. The molecule has 0 spiro atoms. The summed E-state index contributed by atoms with van der Waals surface area (Å²) < 4.78 is 11.5. The van der Waals surface area contributed by atoms with Gasteiger partial charge in [0.05, 0.1) is 6.61 Å². The molecule has 0 bridgehead atoms. The molecule has 4 rings (SSSR count). The SMILES string of the molecule is O=C(NCC1CC1)[C@@]1(Cc2ccccc2)COC(c2ccc(OCCCO)cc2)=N1. The maximum Gasteiger partial charge on any atom is 0.251 e. The van der Waals surface area contributed by atoms with Gasteiger partial charge in [-0.15, -0.1) is 0 Å². The summed E-state index contributed by atoms with van der Waals surface area (Å²) in [5.41, 5.74) is 0.914. The second-order valence-corrected chi connectivity index (χ2v) is 8.00. The summed E-state index contributed by atoms with van der Waals surface area (Å²) in [4.78, 5) is 17.9. The molecule has 158 valence electrons. The van der Waals surface area contributed by atoms with Crippen molar-refractivity contribution in [2.45, 2.75) is 31.2 Å². The van der Waals surface area contributed by atoms with Crippen LogP contribution in [-0.4, -0.2) is 48.8 Å². The molecule has 2 aliphatic rings. The molecule has 1 aliphatic heterocycles. The van der Waals surface area contributed by atoms with E-state index in [9.17, 15) is 4.79 Å². The molecule has 1 saturated carbocycles. The fraction of sp³-hybridized carbons (Fsp3) is 0.417. The Morgan fingerprint density at radius 1 is 1.17 bits per heavy atom. The Hall–Kier alpha value is -2.86. The van der Waals surface area contributed by atoms with Crippen molar-refractivity contribution in [2.75, 3.05) is 26.4 Å². The molecular weight excluding hydrogens is 380 g/mol. The Morgan fingerprint density at radius 3 is 2.63 bits per heavy atom. The van der Waals surface area contributed by atoms with Crippen LogP contribution in [0.3, 0.4) is 0 Å². The second kappa shape index (κ2) is 9.30. The van der Waals surface area contributed by atoms with E-state index in [1.165, 1.54) is 12.8 Å². The van der Waals surface area contributed by atoms with Crippen LogP contribution in [-0.2, 0) is 16.0 Å². The minimum Gasteiger partial charge on any atom is -0.494 e. The van der Waals surface area contributed by atoms with Crippen molar-refractivity contribution in [2.24, 2.45) is 10.9 Å². The third kappa shape index (κ3) is 5.00. The average Bonchev–Trinajstić information content (AvgIpc) is 3.51. The van der Waals surface area contributed by atoms with Crippen LogP contribution in [0.15, 0.2) is 59.6 Å². The predicted octanol–water partition coefficient (Wildman–Crippen LogP) is 2.73. The van der Waals surface area contributed by atoms with Gasteiger partial charge in [0.1, 0.15) is 12.4 Å². The number of nitrogens with zero attached hydrogens (tertiary/aromatic N) is 1. The van der Waals surface area contributed by atoms with Gasteiger partial charge in [0.25, 0.3) is 5.91 Å². The number of hydrogen-bond donors (Lipinski definition) is 2. The number of carbonyl (C=O) groups excluding carboxylic acids is 1. The Kier molecular flexibility index (Phi) is 6.33. The number of carbonyl (C=O) groups is 1. The van der Waals surface area contributed by atoms with Crippen molar-refractivity contribution in [3.8, 4) is 5.75 Å². The maximum atomic E-state index is 13.1. The van der Waals surface area contributed by atoms with Crippen LogP contribution in [0, 0.1) is 5.92 Å². The lowest BCUT2D eigenvalue weighted by Gasteiger charge is -2.23. The van der Waals surface area contributed by atoms with Gasteiger partial charge in [-0.2, -0.15) is 0 Å². The average molecular weight is 408 g/mol. The normalized spacial score (nSPS) is 20.4. The number of benzene rings is 2. The molecule has 0 aromatic heterocycles. The first-order valence-electron chi connectivity index (χ1n) is 10.6. The zero-order valence-electron chi connectivity index (χ0n) is 17.0. The van der Waals surface area contributed by atoms with Gasteiger partial charge in [0, 0.05) is 31.6 Å². The Bertz CT molecular complexity index is 878. The van der Waals surface area contributed by atoms with Crippen LogP contribution in [0.1, 0.15) is 30.4 Å². The summed E-state index contributed by atoms with van der Waals surface area (Å²) in [6.07, 6.45) is 3.46. The predicted molar refractivity (Wildman–Crippen MR) is 115 cm³/mol.